The molecule has 0 amide bonds. The van der Waals surface area contributed by atoms with Crippen molar-refractivity contribution in [3.63, 3.8) is 0 Å². The van der Waals surface area contributed by atoms with Crippen molar-refractivity contribution in [1.82, 2.24) is 9.80 Å². The minimum Gasteiger partial charge on any atom is -0.396 e. The molecule has 0 aromatic carbocycles. The van der Waals surface area contributed by atoms with Crippen LogP contribution in [0.2, 0.25) is 0 Å². The smallest absolute Gasteiger partial charge is 0.0443 e. The van der Waals surface area contributed by atoms with Gasteiger partial charge in [-0.2, -0.15) is 0 Å². The normalized spacial score (nSPS) is 21.6. The molecule has 0 atom stereocenters. The Labute approximate surface area is 99.4 Å². The van der Waals surface area contributed by atoms with Gasteiger partial charge in [0.05, 0.1) is 0 Å². The van der Waals surface area contributed by atoms with Gasteiger partial charge < -0.3 is 20.6 Å². The van der Waals surface area contributed by atoms with Crippen LogP contribution in [0.1, 0.15) is 26.2 Å². The number of rotatable bonds is 6. The van der Waals surface area contributed by atoms with Crippen LogP contribution in [0.25, 0.3) is 0 Å². The van der Waals surface area contributed by atoms with E-state index in [0.717, 1.165) is 52.0 Å². The lowest BCUT2D eigenvalue weighted by Gasteiger charge is -2.41. The molecule has 0 radical (unpaired) electrons. The van der Waals surface area contributed by atoms with Crippen molar-refractivity contribution in [1.29, 1.82) is 0 Å². The summed E-state index contributed by atoms with van der Waals surface area (Å²) in [5.74, 6) is 0. The van der Waals surface area contributed by atoms with Crippen molar-refractivity contribution in [3.8, 4) is 0 Å². The number of aliphatic hydroxyl groups excluding tert-OH is 1. The second-order valence-corrected chi connectivity index (χ2v) is 5.11. The Morgan fingerprint density at radius 1 is 1.38 bits per heavy atom. The molecule has 1 fully saturated rings. The van der Waals surface area contributed by atoms with Crippen molar-refractivity contribution in [2.24, 2.45) is 5.73 Å². The predicted molar refractivity (Wildman–Crippen MR) is 67.5 cm³/mol. The first-order valence-electron chi connectivity index (χ1n) is 6.40. The van der Waals surface area contributed by atoms with Gasteiger partial charge in [0.25, 0.3) is 0 Å². The van der Waals surface area contributed by atoms with E-state index >= 15 is 0 Å². The van der Waals surface area contributed by atoms with Gasteiger partial charge in [-0.25, -0.2) is 0 Å². The molecule has 1 rings (SSSR count). The van der Waals surface area contributed by atoms with Crippen LogP contribution in [0.15, 0.2) is 0 Å². The van der Waals surface area contributed by atoms with Crippen LogP contribution in [0.4, 0.5) is 0 Å². The van der Waals surface area contributed by atoms with E-state index in [1.165, 1.54) is 0 Å². The molecule has 4 heteroatoms. The summed E-state index contributed by atoms with van der Waals surface area (Å²) in [6.45, 7) is 7.75. The van der Waals surface area contributed by atoms with Crippen LogP contribution in [0, 0.1) is 0 Å². The van der Waals surface area contributed by atoms with Crippen molar-refractivity contribution >= 4 is 0 Å². The molecule has 0 spiro atoms. The summed E-state index contributed by atoms with van der Waals surface area (Å²) in [4.78, 5) is 4.71. The number of aliphatic hydroxyl groups is 1. The third-order valence-corrected chi connectivity index (χ3v) is 3.58. The maximum absolute atomic E-state index is 8.79. The molecule has 3 N–H and O–H groups in total. The highest BCUT2D eigenvalue weighted by Crippen LogP contribution is 2.20. The molecule has 0 unspecified atom stereocenters. The van der Waals surface area contributed by atoms with Crippen molar-refractivity contribution < 1.29 is 5.11 Å². The van der Waals surface area contributed by atoms with Crippen LogP contribution in [-0.4, -0.2) is 66.8 Å². The number of nitrogens with zero attached hydrogens (tertiary/aromatic N) is 2. The molecule has 96 valence electrons. The standard InChI is InChI=1S/C12H27N3O/c1-3-15-8-5-12(13,6-9-15)11-14(2)7-4-10-16/h16H,3-11,13H2,1-2H3. The summed E-state index contributed by atoms with van der Waals surface area (Å²) in [5, 5.41) is 8.79. The minimum atomic E-state index is -0.0180. The highest BCUT2D eigenvalue weighted by atomic mass is 16.3. The van der Waals surface area contributed by atoms with Gasteiger partial charge in [-0.05, 0) is 45.9 Å². The lowest BCUT2D eigenvalue weighted by Crippen LogP contribution is -2.56. The molecule has 1 aliphatic heterocycles. The van der Waals surface area contributed by atoms with Crippen LogP contribution < -0.4 is 5.73 Å². The molecule has 0 bridgehead atoms. The van der Waals surface area contributed by atoms with E-state index in [0.29, 0.717) is 0 Å². The Morgan fingerprint density at radius 2 is 2.00 bits per heavy atom. The second kappa shape index (κ2) is 6.55. The van der Waals surface area contributed by atoms with Crippen LogP contribution in [0.3, 0.4) is 0 Å². The van der Waals surface area contributed by atoms with E-state index in [9.17, 15) is 0 Å². The van der Waals surface area contributed by atoms with E-state index < -0.39 is 0 Å². The van der Waals surface area contributed by atoms with Gasteiger partial charge in [0.2, 0.25) is 0 Å². The predicted octanol–water partition coefficient (Wildman–Crippen LogP) is 0.114. The van der Waals surface area contributed by atoms with Crippen molar-refractivity contribution in [3.05, 3.63) is 0 Å². The molecule has 0 aliphatic carbocycles. The molecule has 0 aromatic rings. The third-order valence-electron chi connectivity index (χ3n) is 3.58. The summed E-state index contributed by atoms with van der Waals surface area (Å²) in [5.41, 5.74) is 6.40. The largest absolute Gasteiger partial charge is 0.396 e. The highest BCUT2D eigenvalue weighted by Gasteiger charge is 2.30. The zero-order valence-corrected chi connectivity index (χ0v) is 10.8. The average Bonchev–Trinajstić information content (AvgIpc) is 2.27. The molecule has 1 heterocycles. The zero-order valence-electron chi connectivity index (χ0n) is 10.8. The van der Waals surface area contributed by atoms with Gasteiger partial charge in [-0.15, -0.1) is 0 Å². The molecule has 0 aromatic heterocycles. The Kier molecular flexibility index (Phi) is 5.69. The van der Waals surface area contributed by atoms with Crippen LogP contribution >= 0.6 is 0 Å². The van der Waals surface area contributed by atoms with Crippen molar-refractivity contribution in [2.75, 3.05) is 46.4 Å². The first-order chi connectivity index (χ1) is 7.59. The molecule has 1 aliphatic rings. The van der Waals surface area contributed by atoms with Crippen LogP contribution in [-0.2, 0) is 0 Å². The fourth-order valence-electron chi connectivity index (χ4n) is 2.43. The quantitative estimate of drug-likeness (QED) is 0.679. The van der Waals surface area contributed by atoms with E-state index in [1.807, 2.05) is 0 Å². The van der Waals surface area contributed by atoms with E-state index in [1.54, 1.807) is 0 Å². The van der Waals surface area contributed by atoms with Gasteiger partial charge in [0.1, 0.15) is 0 Å². The number of nitrogens with two attached hydrogens (primary N) is 1. The molecule has 0 saturated carbocycles. The molecule has 1 saturated heterocycles. The maximum atomic E-state index is 8.79. The Balaban J connectivity index is 2.30. The van der Waals surface area contributed by atoms with Crippen LogP contribution in [0.5, 0.6) is 0 Å². The number of hydrogen-bond acceptors (Lipinski definition) is 4. The van der Waals surface area contributed by atoms with Gasteiger partial charge in [0, 0.05) is 25.2 Å². The van der Waals surface area contributed by atoms with Crippen molar-refractivity contribution in [2.45, 2.75) is 31.7 Å². The third kappa shape index (κ3) is 4.37. The Hall–Kier alpha value is -0.160. The lowest BCUT2D eigenvalue weighted by molar-refractivity contribution is 0.130. The first kappa shape index (κ1) is 13.9. The molecule has 16 heavy (non-hydrogen) atoms. The number of piperidine rings is 1. The summed E-state index contributed by atoms with van der Waals surface area (Å²) in [6, 6.07) is 0. The first-order valence-corrected chi connectivity index (χ1v) is 6.40. The summed E-state index contributed by atoms with van der Waals surface area (Å²) < 4.78 is 0. The van der Waals surface area contributed by atoms with Gasteiger partial charge in [-0.1, -0.05) is 6.92 Å². The zero-order chi connectivity index (χ0) is 12.0. The summed E-state index contributed by atoms with van der Waals surface area (Å²) in [7, 11) is 2.09. The fraction of sp³-hybridized carbons (Fsp3) is 1.00. The average molecular weight is 229 g/mol. The molecule has 4 nitrogen and oxygen atoms in total. The monoisotopic (exact) mass is 229 g/mol. The summed E-state index contributed by atoms with van der Waals surface area (Å²) >= 11 is 0. The molecular formula is C12H27N3O. The number of likely N-dealkylation sites (N-methyl/N-ethyl adjacent to an activating group) is 1. The maximum Gasteiger partial charge on any atom is 0.0443 e. The van der Waals surface area contributed by atoms with E-state index in [2.05, 4.69) is 23.8 Å². The Morgan fingerprint density at radius 3 is 2.50 bits per heavy atom. The number of hydrogen-bond donors (Lipinski definition) is 2. The Bertz CT molecular complexity index is 191. The lowest BCUT2D eigenvalue weighted by atomic mass is 9.88. The van der Waals surface area contributed by atoms with E-state index in [4.69, 9.17) is 10.8 Å². The molecular weight excluding hydrogens is 202 g/mol. The fourth-order valence-corrected chi connectivity index (χ4v) is 2.43. The SMILES string of the molecule is CCN1CCC(N)(CN(C)CCCO)CC1. The number of likely N-dealkylation sites (tertiary alicyclic amines) is 1. The topological polar surface area (TPSA) is 52.7 Å². The van der Waals surface area contributed by atoms with Gasteiger partial charge >= 0.3 is 0 Å². The highest BCUT2D eigenvalue weighted by molar-refractivity contribution is 4.92. The minimum absolute atomic E-state index is 0.0180. The van der Waals surface area contributed by atoms with Gasteiger partial charge in [0.15, 0.2) is 0 Å². The van der Waals surface area contributed by atoms with E-state index in [-0.39, 0.29) is 12.1 Å². The second-order valence-electron chi connectivity index (χ2n) is 5.11. The van der Waals surface area contributed by atoms with Gasteiger partial charge in [-0.3, -0.25) is 0 Å². The summed E-state index contributed by atoms with van der Waals surface area (Å²) in [6.07, 6.45) is 3.02.